The average molecular weight is 278 g/mol. The lowest BCUT2D eigenvalue weighted by molar-refractivity contribution is 0.295. The summed E-state index contributed by atoms with van der Waals surface area (Å²) in [4.78, 5) is 2.50. The van der Waals surface area contributed by atoms with Gasteiger partial charge in [0.1, 0.15) is 12.4 Å². The third-order valence-corrected chi connectivity index (χ3v) is 4.45. The fourth-order valence-electron chi connectivity index (χ4n) is 2.92. The van der Waals surface area contributed by atoms with Crippen molar-refractivity contribution in [1.29, 1.82) is 5.26 Å². The van der Waals surface area contributed by atoms with Gasteiger partial charge in [-0.15, -0.1) is 0 Å². The van der Waals surface area contributed by atoms with E-state index in [0.717, 1.165) is 29.0 Å². The number of benzene rings is 2. The number of fused-ring (bicyclic) bond motifs is 1. The zero-order chi connectivity index (χ0) is 14.2. The van der Waals surface area contributed by atoms with E-state index in [1.165, 1.54) is 25.9 Å². The molecule has 1 saturated carbocycles. The first kappa shape index (κ1) is 12.7. The minimum atomic E-state index is 0.583. The van der Waals surface area contributed by atoms with Gasteiger partial charge in [-0.2, -0.15) is 5.26 Å². The zero-order valence-corrected chi connectivity index (χ0v) is 12.0. The SMILES string of the molecule is N#Cc1ccc(OCC2CN2CC2CC2)c2ccccc12. The summed E-state index contributed by atoms with van der Waals surface area (Å²) in [6.45, 7) is 3.18. The number of hydrogen-bond donors (Lipinski definition) is 0. The van der Waals surface area contributed by atoms with Crippen molar-refractivity contribution in [2.45, 2.75) is 18.9 Å². The number of nitriles is 1. The molecule has 3 nitrogen and oxygen atoms in total. The topological polar surface area (TPSA) is 36.0 Å². The van der Waals surface area contributed by atoms with Gasteiger partial charge in [0, 0.05) is 23.9 Å². The number of rotatable bonds is 5. The molecule has 106 valence electrons. The Morgan fingerprint density at radius 2 is 1.95 bits per heavy atom. The van der Waals surface area contributed by atoms with Crippen LogP contribution in [-0.2, 0) is 0 Å². The third kappa shape index (κ3) is 2.59. The molecule has 1 aliphatic heterocycles. The van der Waals surface area contributed by atoms with Crippen LogP contribution in [0.2, 0.25) is 0 Å². The fourth-order valence-corrected chi connectivity index (χ4v) is 2.92. The lowest BCUT2D eigenvalue weighted by atomic mass is 10.0. The van der Waals surface area contributed by atoms with Crippen molar-refractivity contribution >= 4 is 10.8 Å². The highest BCUT2D eigenvalue weighted by atomic mass is 16.5. The third-order valence-electron chi connectivity index (χ3n) is 4.45. The molecule has 1 aliphatic carbocycles. The molecule has 3 heteroatoms. The molecule has 2 unspecified atom stereocenters. The average Bonchev–Trinajstić information content (AvgIpc) is 3.44. The van der Waals surface area contributed by atoms with E-state index in [1.807, 2.05) is 36.4 Å². The molecule has 0 bridgehead atoms. The second-order valence-corrected chi connectivity index (χ2v) is 6.13. The molecule has 0 N–H and O–H groups in total. The lowest BCUT2D eigenvalue weighted by Crippen LogP contribution is -2.12. The second kappa shape index (κ2) is 5.05. The standard InChI is InChI=1S/C18H18N2O/c19-9-14-7-8-18(17-4-2-1-3-16(14)17)21-12-15-11-20(15)10-13-5-6-13/h1-4,7-8,13,15H,5-6,10-12H2. The van der Waals surface area contributed by atoms with Gasteiger partial charge in [0.05, 0.1) is 17.7 Å². The van der Waals surface area contributed by atoms with Crippen LogP contribution in [0, 0.1) is 17.2 Å². The molecule has 2 aromatic carbocycles. The van der Waals surface area contributed by atoms with Crippen LogP contribution in [0.4, 0.5) is 0 Å². The monoisotopic (exact) mass is 278 g/mol. The molecule has 2 atom stereocenters. The van der Waals surface area contributed by atoms with Crippen molar-refractivity contribution in [2.24, 2.45) is 5.92 Å². The van der Waals surface area contributed by atoms with E-state index >= 15 is 0 Å². The van der Waals surface area contributed by atoms with E-state index in [-0.39, 0.29) is 0 Å². The van der Waals surface area contributed by atoms with Gasteiger partial charge in [-0.25, -0.2) is 0 Å². The number of ether oxygens (including phenoxy) is 1. The molecule has 0 amide bonds. The van der Waals surface area contributed by atoms with E-state index in [0.29, 0.717) is 11.6 Å². The molecule has 1 saturated heterocycles. The Labute approximate surface area is 124 Å². The normalized spacial score (nSPS) is 23.8. The number of hydrogen-bond acceptors (Lipinski definition) is 3. The second-order valence-electron chi connectivity index (χ2n) is 6.13. The van der Waals surface area contributed by atoms with E-state index < -0.39 is 0 Å². The van der Waals surface area contributed by atoms with E-state index in [4.69, 9.17) is 4.74 Å². The van der Waals surface area contributed by atoms with Crippen LogP contribution in [-0.4, -0.2) is 30.6 Å². The summed E-state index contributed by atoms with van der Waals surface area (Å²) >= 11 is 0. The van der Waals surface area contributed by atoms with Crippen LogP contribution in [0.25, 0.3) is 10.8 Å². The predicted octanol–water partition coefficient (Wildman–Crippen LogP) is 3.18. The van der Waals surface area contributed by atoms with Crippen molar-refractivity contribution in [3.05, 3.63) is 42.0 Å². The molecule has 2 aromatic rings. The minimum Gasteiger partial charge on any atom is -0.491 e. The maximum absolute atomic E-state index is 9.18. The summed E-state index contributed by atoms with van der Waals surface area (Å²) in [6, 6.07) is 14.6. The van der Waals surface area contributed by atoms with Gasteiger partial charge in [-0.05, 0) is 30.9 Å². The van der Waals surface area contributed by atoms with Crippen molar-refractivity contribution < 1.29 is 4.74 Å². The molecule has 2 fully saturated rings. The Balaban J connectivity index is 1.48. The molecular weight excluding hydrogens is 260 g/mol. The Morgan fingerprint density at radius 1 is 1.14 bits per heavy atom. The van der Waals surface area contributed by atoms with E-state index in [9.17, 15) is 5.26 Å². The quantitative estimate of drug-likeness (QED) is 0.788. The first-order valence-corrected chi connectivity index (χ1v) is 7.64. The van der Waals surface area contributed by atoms with Crippen molar-refractivity contribution in [1.82, 2.24) is 4.90 Å². The lowest BCUT2D eigenvalue weighted by Gasteiger charge is -2.10. The summed E-state index contributed by atoms with van der Waals surface area (Å²) in [6.07, 6.45) is 2.81. The Kier molecular flexibility index (Phi) is 3.05. The summed E-state index contributed by atoms with van der Waals surface area (Å²) in [7, 11) is 0. The summed E-state index contributed by atoms with van der Waals surface area (Å²) in [5, 5.41) is 11.2. The molecule has 4 rings (SSSR count). The molecule has 21 heavy (non-hydrogen) atoms. The van der Waals surface area contributed by atoms with Crippen LogP contribution in [0.3, 0.4) is 0 Å². The molecular formula is C18H18N2O. The fraction of sp³-hybridized carbons (Fsp3) is 0.389. The van der Waals surface area contributed by atoms with Crippen molar-refractivity contribution in [3.8, 4) is 11.8 Å². The molecule has 0 radical (unpaired) electrons. The Hall–Kier alpha value is -2.05. The Morgan fingerprint density at radius 3 is 2.71 bits per heavy atom. The highest BCUT2D eigenvalue weighted by Gasteiger charge is 2.38. The Bertz CT molecular complexity index is 715. The highest BCUT2D eigenvalue weighted by Crippen LogP contribution is 2.34. The van der Waals surface area contributed by atoms with Crippen LogP contribution in [0.5, 0.6) is 5.75 Å². The van der Waals surface area contributed by atoms with E-state index in [2.05, 4.69) is 11.0 Å². The van der Waals surface area contributed by atoms with Crippen molar-refractivity contribution in [2.75, 3.05) is 19.7 Å². The van der Waals surface area contributed by atoms with Gasteiger partial charge in [-0.1, -0.05) is 24.3 Å². The summed E-state index contributed by atoms with van der Waals surface area (Å²) in [5.41, 5.74) is 0.708. The van der Waals surface area contributed by atoms with Gasteiger partial charge in [-0.3, -0.25) is 4.90 Å². The maximum atomic E-state index is 9.18. The molecule has 0 aromatic heterocycles. The van der Waals surface area contributed by atoms with Crippen molar-refractivity contribution in [3.63, 3.8) is 0 Å². The first-order valence-electron chi connectivity index (χ1n) is 7.64. The van der Waals surface area contributed by atoms with Crippen LogP contribution in [0.15, 0.2) is 36.4 Å². The van der Waals surface area contributed by atoms with Crippen LogP contribution in [0.1, 0.15) is 18.4 Å². The maximum Gasteiger partial charge on any atom is 0.127 e. The first-order chi connectivity index (χ1) is 10.3. The zero-order valence-electron chi connectivity index (χ0n) is 12.0. The predicted molar refractivity (Wildman–Crippen MR) is 82.2 cm³/mol. The van der Waals surface area contributed by atoms with Crippen LogP contribution < -0.4 is 4.74 Å². The largest absolute Gasteiger partial charge is 0.491 e. The highest BCUT2D eigenvalue weighted by molar-refractivity contribution is 5.92. The van der Waals surface area contributed by atoms with Gasteiger partial charge < -0.3 is 4.74 Å². The summed E-state index contributed by atoms with van der Waals surface area (Å²) in [5.74, 6) is 1.84. The smallest absolute Gasteiger partial charge is 0.127 e. The van der Waals surface area contributed by atoms with Gasteiger partial charge in [0.2, 0.25) is 0 Å². The molecule has 0 spiro atoms. The number of nitrogens with zero attached hydrogens (tertiary/aromatic N) is 2. The van der Waals surface area contributed by atoms with Gasteiger partial charge in [0.15, 0.2) is 0 Å². The minimum absolute atomic E-state index is 0.583. The summed E-state index contributed by atoms with van der Waals surface area (Å²) < 4.78 is 6.02. The van der Waals surface area contributed by atoms with Crippen LogP contribution >= 0.6 is 0 Å². The van der Waals surface area contributed by atoms with Gasteiger partial charge in [0.25, 0.3) is 0 Å². The molecule has 2 aliphatic rings. The molecule has 1 heterocycles. The van der Waals surface area contributed by atoms with E-state index in [1.54, 1.807) is 0 Å². The van der Waals surface area contributed by atoms with Gasteiger partial charge >= 0.3 is 0 Å².